The van der Waals surface area contributed by atoms with E-state index in [1.807, 2.05) is 86.8 Å². The van der Waals surface area contributed by atoms with Crippen molar-refractivity contribution in [2.75, 3.05) is 0 Å². The first-order valence-corrected chi connectivity index (χ1v) is 22.0. The summed E-state index contributed by atoms with van der Waals surface area (Å²) in [5, 5.41) is 12.0. The van der Waals surface area contributed by atoms with E-state index < -0.39 is 6.85 Å². The molecule has 1 N–H and O–H groups in total. The molecule has 0 saturated carbocycles. The summed E-state index contributed by atoms with van der Waals surface area (Å²) in [6, 6.07) is 53.0. The van der Waals surface area contributed by atoms with Gasteiger partial charge in [-0.3, -0.25) is 9.55 Å². The number of phenols is 1. The molecule has 0 bridgehead atoms. The molecular weight excluding hydrogens is 974 g/mol. The Bertz CT molecular complexity index is 3320. The second-order valence-electron chi connectivity index (χ2n) is 19.3. The molecule has 0 atom stereocenters. The van der Waals surface area contributed by atoms with Crippen molar-refractivity contribution in [2.45, 2.75) is 80.0 Å². The fourth-order valence-electron chi connectivity index (χ4n) is 8.67. The maximum atomic E-state index is 12.0. The SMILES string of the molecule is [2H]C([2H])([2H])c1cc(-c2ccc(C(C)(C)C)cc2)c(-n2c(-c3cc(C)cc(C)c3O)nc3c(-c4[c-]c(-c5cc(-c6ccc(C)cc6)ccn5)cc(C(C)(C)C)c4)cccc32)cc1-c1ccccc1.[Pt]. The van der Waals surface area contributed by atoms with Crippen LogP contribution >= 0.6 is 0 Å². The van der Waals surface area contributed by atoms with Crippen LogP contribution in [0.2, 0.25) is 0 Å². The van der Waals surface area contributed by atoms with E-state index >= 15 is 0 Å². The number of aromatic hydroxyl groups is 1. The number of phenolic OH excluding ortho intramolecular Hbond substituents is 1. The molecule has 5 heteroatoms. The van der Waals surface area contributed by atoms with E-state index in [1.165, 1.54) is 11.1 Å². The van der Waals surface area contributed by atoms with Gasteiger partial charge < -0.3 is 5.11 Å². The molecule has 65 heavy (non-hydrogen) atoms. The van der Waals surface area contributed by atoms with Gasteiger partial charge in [0.2, 0.25) is 0 Å². The molecule has 0 aliphatic rings. The summed E-state index contributed by atoms with van der Waals surface area (Å²) in [6.07, 6.45) is 1.86. The Morgan fingerprint density at radius 2 is 1.23 bits per heavy atom. The first kappa shape index (κ1) is 41.4. The van der Waals surface area contributed by atoms with Gasteiger partial charge in [-0.15, -0.1) is 29.3 Å². The van der Waals surface area contributed by atoms with E-state index in [4.69, 9.17) is 14.1 Å². The third-order valence-electron chi connectivity index (χ3n) is 12.3. The van der Waals surface area contributed by atoms with Crippen LogP contribution in [0.1, 0.15) is 79.0 Å². The standard InChI is InChI=1S/C60H56N3O.Pt/c1-37-19-21-41(22-20-37)44-27-28-61-53(35-44)46-32-45(33-48(34-46)60(8,9)10)49-17-14-18-54-56(49)62-58(52-30-38(2)29-40(4)57(52)64)63(54)55-36-50(42-15-12-11-13-16-42)39(3)31-51(55)43-23-25-47(26-24-43)59(5,6)7;/h11-31,33-36,64H,1-10H3;/q-1;/i3D3;. The number of aromatic nitrogens is 3. The molecule has 9 rings (SSSR count). The van der Waals surface area contributed by atoms with Crippen LogP contribution in [0.5, 0.6) is 5.75 Å². The molecule has 0 amide bonds. The summed E-state index contributed by atoms with van der Waals surface area (Å²) in [4.78, 5) is 10.4. The first-order chi connectivity index (χ1) is 31.7. The Morgan fingerprint density at radius 3 is 1.92 bits per heavy atom. The zero-order chi connectivity index (χ0) is 47.6. The van der Waals surface area contributed by atoms with Gasteiger partial charge in [-0.05, 0) is 119 Å². The first-order valence-electron chi connectivity index (χ1n) is 23.5. The Labute approximate surface area is 403 Å². The molecule has 328 valence electrons. The largest absolute Gasteiger partial charge is 0.507 e. The Hall–Kier alpha value is -6.35. The molecule has 2 aromatic heterocycles. The van der Waals surface area contributed by atoms with Crippen molar-refractivity contribution < 1.29 is 30.3 Å². The van der Waals surface area contributed by atoms with Gasteiger partial charge in [0, 0.05) is 42.6 Å². The number of fused-ring (bicyclic) bond motifs is 1. The van der Waals surface area contributed by atoms with E-state index in [0.29, 0.717) is 22.5 Å². The fraction of sp³-hybridized carbons (Fsp3) is 0.200. The van der Waals surface area contributed by atoms with E-state index in [1.54, 1.807) is 0 Å². The zero-order valence-electron chi connectivity index (χ0n) is 41.5. The average molecular weight is 1030 g/mol. The van der Waals surface area contributed by atoms with Crippen molar-refractivity contribution in [2.24, 2.45) is 0 Å². The Balaban J connectivity index is 0.00000625. The molecule has 0 aliphatic heterocycles. The molecule has 2 heterocycles. The molecule has 0 radical (unpaired) electrons. The van der Waals surface area contributed by atoms with Crippen LogP contribution < -0.4 is 0 Å². The molecule has 0 unspecified atom stereocenters. The van der Waals surface area contributed by atoms with Gasteiger partial charge in [0.25, 0.3) is 0 Å². The van der Waals surface area contributed by atoms with Crippen LogP contribution in [0.15, 0.2) is 152 Å². The van der Waals surface area contributed by atoms with Crippen LogP contribution in [-0.2, 0) is 31.9 Å². The summed E-state index contributed by atoms with van der Waals surface area (Å²) in [5.74, 6) is 0.657. The summed E-state index contributed by atoms with van der Waals surface area (Å²) in [5.41, 5.74) is 16.5. The third kappa shape index (κ3) is 8.90. The van der Waals surface area contributed by atoms with Crippen molar-refractivity contribution in [3.63, 3.8) is 0 Å². The topological polar surface area (TPSA) is 50.9 Å². The Kier molecular flexibility index (Phi) is 11.2. The third-order valence-corrected chi connectivity index (χ3v) is 12.3. The number of benzene rings is 7. The van der Waals surface area contributed by atoms with Gasteiger partial charge in [0.05, 0.1) is 22.3 Å². The molecular formula is C60H56N3OPt-. The maximum Gasteiger partial charge on any atom is 0.148 e. The van der Waals surface area contributed by atoms with Crippen molar-refractivity contribution in [3.05, 3.63) is 191 Å². The Morgan fingerprint density at radius 1 is 0.554 bits per heavy atom. The number of aryl methyl sites for hydroxylation is 4. The smallest absolute Gasteiger partial charge is 0.148 e. The van der Waals surface area contributed by atoms with Crippen molar-refractivity contribution in [3.8, 4) is 78.6 Å². The number of rotatable bonds is 7. The van der Waals surface area contributed by atoms with E-state index in [0.717, 1.165) is 78.1 Å². The molecule has 0 saturated heterocycles. The second kappa shape index (κ2) is 17.6. The van der Waals surface area contributed by atoms with Crippen LogP contribution in [0.4, 0.5) is 0 Å². The van der Waals surface area contributed by atoms with Gasteiger partial charge in [0.1, 0.15) is 11.6 Å². The molecule has 7 aromatic carbocycles. The number of pyridine rings is 1. The fourth-order valence-corrected chi connectivity index (χ4v) is 8.67. The van der Waals surface area contributed by atoms with Crippen LogP contribution in [0.25, 0.3) is 83.9 Å². The van der Waals surface area contributed by atoms with Crippen LogP contribution in [0, 0.1) is 33.7 Å². The second-order valence-corrected chi connectivity index (χ2v) is 19.3. The summed E-state index contributed by atoms with van der Waals surface area (Å²) < 4.78 is 28.7. The monoisotopic (exact) mass is 1030 g/mol. The average Bonchev–Trinajstić information content (AvgIpc) is 3.69. The molecule has 9 aromatic rings. The number of imidazole rings is 1. The van der Waals surface area contributed by atoms with Crippen LogP contribution in [-0.4, -0.2) is 19.6 Å². The van der Waals surface area contributed by atoms with Gasteiger partial charge in [-0.1, -0.05) is 161 Å². The van der Waals surface area contributed by atoms with Crippen molar-refractivity contribution >= 4 is 11.0 Å². The van der Waals surface area contributed by atoms with Gasteiger partial charge in [-0.25, -0.2) is 4.98 Å². The summed E-state index contributed by atoms with van der Waals surface area (Å²) >= 11 is 0. The predicted molar refractivity (Wildman–Crippen MR) is 268 cm³/mol. The molecule has 4 nitrogen and oxygen atoms in total. The summed E-state index contributed by atoms with van der Waals surface area (Å²) in [7, 11) is 0. The number of hydrogen-bond acceptors (Lipinski definition) is 3. The van der Waals surface area contributed by atoms with Gasteiger partial charge >= 0.3 is 0 Å². The normalized spacial score (nSPS) is 12.7. The van der Waals surface area contributed by atoms with Crippen LogP contribution in [0.3, 0.4) is 0 Å². The number of hydrogen-bond donors (Lipinski definition) is 1. The van der Waals surface area contributed by atoms with Gasteiger partial charge in [0.15, 0.2) is 0 Å². The van der Waals surface area contributed by atoms with E-state index in [-0.39, 0.29) is 43.2 Å². The minimum absolute atomic E-state index is 0. The zero-order valence-corrected chi connectivity index (χ0v) is 40.8. The number of para-hydroxylation sites is 1. The number of nitrogens with zero attached hydrogens (tertiary/aromatic N) is 3. The predicted octanol–water partition coefficient (Wildman–Crippen LogP) is 15.8. The van der Waals surface area contributed by atoms with Gasteiger partial charge in [-0.2, -0.15) is 0 Å². The van der Waals surface area contributed by atoms with Crippen molar-refractivity contribution in [1.29, 1.82) is 0 Å². The molecule has 0 aliphatic carbocycles. The summed E-state index contributed by atoms with van der Waals surface area (Å²) in [6.45, 7) is 16.8. The van der Waals surface area contributed by atoms with E-state index in [2.05, 4.69) is 138 Å². The quantitative estimate of drug-likeness (QED) is 0.162. The minimum Gasteiger partial charge on any atom is -0.507 e. The molecule has 0 spiro atoms. The molecule has 0 fully saturated rings. The van der Waals surface area contributed by atoms with E-state index in [9.17, 15) is 5.11 Å². The maximum absolute atomic E-state index is 12.0. The van der Waals surface area contributed by atoms with Crippen molar-refractivity contribution in [1.82, 2.24) is 14.5 Å². The minimum atomic E-state index is -2.43.